The van der Waals surface area contributed by atoms with Crippen LogP contribution in [0.4, 0.5) is 0 Å². The molecule has 2 aromatic rings. The van der Waals surface area contributed by atoms with E-state index in [-0.39, 0.29) is 18.4 Å². The highest BCUT2D eigenvalue weighted by molar-refractivity contribution is 6.00. The zero-order valence-corrected chi connectivity index (χ0v) is 11.5. The molecule has 1 aliphatic rings. The zero-order chi connectivity index (χ0) is 14.7. The van der Waals surface area contributed by atoms with Crippen LogP contribution in [0.5, 0.6) is 0 Å². The van der Waals surface area contributed by atoms with Gasteiger partial charge in [-0.3, -0.25) is 14.6 Å². The lowest BCUT2D eigenvalue weighted by Gasteiger charge is -2.15. The summed E-state index contributed by atoms with van der Waals surface area (Å²) in [6.07, 6.45) is 3.39. The van der Waals surface area contributed by atoms with Crippen LogP contribution in [0, 0.1) is 0 Å². The van der Waals surface area contributed by atoms with Crippen LogP contribution in [0.25, 0.3) is 0 Å². The van der Waals surface area contributed by atoms with Crippen LogP contribution >= 0.6 is 0 Å². The molecule has 0 fully saturated rings. The number of hydrogen-bond acceptors (Lipinski definition) is 3. The van der Waals surface area contributed by atoms with Crippen molar-refractivity contribution in [3.05, 3.63) is 65.5 Å². The van der Waals surface area contributed by atoms with Crippen molar-refractivity contribution in [2.75, 3.05) is 6.54 Å². The first-order chi connectivity index (χ1) is 10.2. The van der Waals surface area contributed by atoms with Gasteiger partial charge < -0.3 is 10.2 Å². The maximum absolute atomic E-state index is 12.1. The van der Waals surface area contributed by atoms with Gasteiger partial charge in [0, 0.05) is 31.0 Å². The number of pyridine rings is 1. The van der Waals surface area contributed by atoms with Crippen molar-refractivity contribution in [3.8, 4) is 0 Å². The molecule has 0 aliphatic carbocycles. The van der Waals surface area contributed by atoms with Crippen LogP contribution in [0.3, 0.4) is 0 Å². The van der Waals surface area contributed by atoms with E-state index in [9.17, 15) is 9.59 Å². The van der Waals surface area contributed by atoms with E-state index >= 15 is 0 Å². The second-order valence-electron chi connectivity index (χ2n) is 4.96. The highest BCUT2D eigenvalue weighted by atomic mass is 16.2. The summed E-state index contributed by atoms with van der Waals surface area (Å²) in [5, 5.41) is 2.80. The molecule has 0 spiro atoms. The summed E-state index contributed by atoms with van der Waals surface area (Å²) < 4.78 is 0. The van der Waals surface area contributed by atoms with E-state index in [1.165, 1.54) is 0 Å². The molecule has 5 nitrogen and oxygen atoms in total. The van der Waals surface area contributed by atoms with Gasteiger partial charge >= 0.3 is 0 Å². The van der Waals surface area contributed by atoms with Crippen molar-refractivity contribution >= 4 is 11.8 Å². The van der Waals surface area contributed by atoms with Gasteiger partial charge in [0.25, 0.3) is 5.91 Å². The third-order valence-electron chi connectivity index (χ3n) is 3.44. The van der Waals surface area contributed by atoms with E-state index in [4.69, 9.17) is 0 Å². The fraction of sp³-hybridized carbons (Fsp3) is 0.188. The summed E-state index contributed by atoms with van der Waals surface area (Å²) >= 11 is 0. The molecule has 1 aromatic carbocycles. The first kappa shape index (κ1) is 13.3. The summed E-state index contributed by atoms with van der Waals surface area (Å²) in [5.41, 5.74) is 2.60. The van der Waals surface area contributed by atoms with Gasteiger partial charge in [0.05, 0.1) is 0 Å². The molecule has 0 atom stereocenters. The molecular formula is C16H15N3O2. The van der Waals surface area contributed by atoms with E-state index < -0.39 is 0 Å². The van der Waals surface area contributed by atoms with E-state index in [1.807, 2.05) is 30.3 Å². The van der Waals surface area contributed by atoms with Gasteiger partial charge in [-0.05, 0) is 23.3 Å². The Hall–Kier alpha value is -2.69. The Morgan fingerprint density at radius 3 is 2.86 bits per heavy atom. The highest BCUT2D eigenvalue weighted by Crippen LogP contribution is 2.21. The largest absolute Gasteiger partial charge is 0.350 e. The number of rotatable bonds is 4. The molecule has 0 bridgehead atoms. The Balaban J connectivity index is 1.56. The Morgan fingerprint density at radius 2 is 2.10 bits per heavy atom. The van der Waals surface area contributed by atoms with Crippen molar-refractivity contribution in [1.29, 1.82) is 0 Å². The molecular weight excluding hydrogens is 266 g/mol. The predicted octanol–water partition coefficient (Wildman–Crippen LogP) is 1.35. The number of fused-ring (bicyclic) bond motifs is 1. The van der Waals surface area contributed by atoms with Crippen LogP contribution in [-0.2, 0) is 17.9 Å². The van der Waals surface area contributed by atoms with Crippen LogP contribution < -0.4 is 5.32 Å². The van der Waals surface area contributed by atoms with E-state index in [0.29, 0.717) is 18.7 Å². The Labute approximate surface area is 122 Å². The lowest BCUT2D eigenvalue weighted by atomic mass is 10.1. The summed E-state index contributed by atoms with van der Waals surface area (Å²) in [5.74, 6) is -0.248. The fourth-order valence-electron chi connectivity index (χ4n) is 2.37. The Morgan fingerprint density at radius 1 is 1.24 bits per heavy atom. The number of nitrogens with one attached hydrogen (secondary N) is 1. The first-order valence-electron chi connectivity index (χ1n) is 6.77. The fourth-order valence-corrected chi connectivity index (χ4v) is 2.37. The lowest BCUT2D eigenvalue weighted by Crippen LogP contribution is -2.37. The molecule has 2 amide bonds. The van der Waals surface area contributed by atoms with Gasteiger partial charge in [-0.15, -0.1) is 0 Å². The van der Waals surface area contributed by atoms with E-state index in [0.717, 1.165) is 11.1 Å². The number of carbonyl (C=O) groups is 2. The second-order valence-corrected chi connectivity index (χ2v) is 4.96. The van der Waals surface area contributed by atoms with Gasteiger partial charge in [0.15, 0.2) is 0 Å². The smallest absolute Gasteiger partial charge is 0.254 e. The summed E-state index contributed by atoms with van der Waals surface area (Å²) in [7, 11) is 0. The van der Waals surface area contributed by atoms with Gasteiger partial charge in [-0.2, -0.15) is 0 Å². The molecule has 0 saturated carbocycles. The maximum Gasteiger partial charge on any atom is 0.254 e. The number of carbonyl (C=O) groups excluding carboxylic acids is 2. The molecule has 1 aliphatic heterocycles. The number of aromatic nitrogens is 1. The molecule has 0 unspecified atom stereocenters. The van der Waals surface area contributed by atoms with Crippen molar-refractivity contribution in [1.82, 2.24) is 15.2 Å². The molecule has 106 valence electrons. The minimum Gasteiger partial charge on any atom is -0.350 e. The van der Waals surface area contributed by atoms with Gasteiger partial charge in [-0.1, -0.05) is 24.3 Å². The van der Waals surface area contributed by atoms with Gasteiger partial charge in [0.1, 0.15) is 6.54 Å². The van der Waals surface area contributed by atoms with Gasteiger partial charge in [0.2, 0.25) is 5.91 Å². The molecule has 3 rings (SSSR count). The normalized spacial score (nSPS) is 13.1. The van der Waals surface area contributed by atoms with Crippen molar-refractivity contribution in [3.63, 3.8) is 0 Å². The van der Waals surface area contributed by atoms with E-state index in [1.54, 1.807) is 23.4 Å². The molecule has 2 heterocycles. The zero-order valence-electron chi connectivity index (χ0n) is 11.5. The Kier molecular flexibility index (Phi) is 3.64. The quantitative estimate of drug-likeness (QED) is 0.920. The molecule has 0 saturated heterocycles. The standard InChI is InChI=1S/C16H15N3O2/c20-15(18-9-12-4-3-7-17-8-12)11-19-10-13-5-1-2-6-14(13)16(19)21/h1-8H,9-11H2,(H,18,20). The van der Waals surface area contributed by atoms with Crippen LogP contribution in [0.15, 0.2) is 48.8 Å². The van der Waals surface area contributed by atoms with Crippen molar-refractivity contribution < 1.29 is 9.59 Å². The van der Waals surface area contributed by atoms with Crippen molar-refractivity contribution in [2.45, 2.75) is 13.1 Å². The number of hydrogen-bond donors (Lipinski definition) is 1. The third-order valence-corrected chi connectivity index (χ3v) is 3.44. The van der Waals surface area contributed by atoms with Crippen LogP contribution in [0.2, 0.25) is 0 Å². The number of nitrogens with zero attached hydrogens (tertiary/aromatic N) is 2. The lowest BCUT2D eigenvalue weighted by molar-refractivity contribution is -0.122. The molecule has 5 heteroatoms. The number of benzene rings is 1. The molecule has 0 radical (unpaired) electrons. The molecule has 21 heavy (non-hydrogen) atoms. The summed E-state index contributed by atoms with van der Waals surface area (Å²) in [4.78, 5) is 29.6. The summed E-state index contributed by atoms with van der Waals surface area (Å²) in [6, 6.07) is 11.2. The topological polar surface area (TPSA) is 62.3 Å². The summed E-state index contributed by atoms with van der Waals surface area (Å²) in [6.45, 7) is 0.991. The van der Waals surface area contributed by atoms with Gasteiger partial charge in [-0.25, -0.2) is 0 Å². The van der Waals surface area contributed by atoms with Crippen LogP contribution in [-0.4, -0.2) is 28.2 Å². The SMILES string of the molecule is O=C(CN1Cc2ccccc2C1=O)NCc1cccnc1. The number of amides is 2. The van der Waals surface area contributed by atoms with Crippen LogP contribution in [0.1, 0.15) is 21.5 Å². The maximum atomic E-state index is 12.1. The Bertz CT molecular complexity index is 670. The predicted molar refractivity (Wildman–Crippen MR) is 77.3 cm³/mol. The second kappa shape index (κ2) is 5.75. The average molecular weight is 281 g/mol. The first-order valence-corrected chi connectivity index (χ1v) is 6.77. The monoisotopic (exact) mass is 281 g/mol. The average Bonchev–Trinajstić information content (AvgIpc) is 2.83. The van der Waals surface area contributed by atoms with Crippen molar-refractivity contribution in [2.24, 2.45) is 0 Å². The molecule has 1 aromatic heterocycles. The minimum absolute atomic E-state index is 0.0772. The highest BCUT2D eigenvalue weighted by Gasteiger charge is 2.27. The van der Waals surface area contributed by atoms with E-state index in [2.05, 4.69) is 10.3 Å². The molecule has 1 N–H and O–H groups in total. The third kappa shape index (κ3) is 2.91. The minimum atomic E-state index is -0.167.